The Balaban J connectivity index is 2.18. The number of carboxylic acids is 1. The number of hydrogen-bond donors (Lipinski definition) is 2. The summed E-state index contributed by atoms with van der Waals surface area (Å²) >= 11 is 0. The van der Waals surface area contributed by atoms with E-state index in [1.165, 1.54) is 6.92 Å². The highest BCUT2D eigenvalue weighted by Crippen LogP contribution is 2.12. The molecule has 1 unspecified atom stereocenters. The summed E-state index contributed by atoms with van der Waals surface area (Å²) in [5, 5.41) is 15.9. The molecule has 110 valence electrons. The summed E-state index contributed by atoms with van der Waals surface area (Å²) in [6.45, 7) is 3.18. The first-order valence-corrected chi connectivity index (χ1v) is 6.63. The third-order valence-electron chi connectivity index (χ3n) is 3.41. The van der Waals surface area contributed by atoms with Crippen LogP contribution in [0.5, 0.6) is 0 Å². The van der Waals surface area contributed by atoms with Gasteiger partial charge >= 0.3 is 5.97 Å². The van der Waals surface area contributed by atoms with E-state index in [2.05, 4.69) is 10.4 Å². The van der Waals surface area contributed by atoms with Crippen LogP contribution in [0.25, 0.3) is 5.69 Å². The van der Waals surface area contributed by atoms with Gasteiger partial charge in [0, 0.05) is 6.20 Å². The highest BCUT2D eigenvalue weighted by Gasteiger charge is 2.33. The minimum atomic E-state index is -1.30. The Morgan fingerprint density at radius 2 is 1.95 bits per heavy atom. The summed E-state index contributed by atoms with van der Waals surface area (Å²) < 4.78 is 1.57. The molecule has 0 aliphatic rings. The van der Waals surface area contributed by atoms with E-state index in [0.29, 0.717) is 0 Å². The van der Waals surface area contributed by atoms with Gasteiger partial charge in [-0.15, -0.1) is 0 Å². The average Bonchev–Trinajstić information content (AvgIpc) is 2.97. The first-order valence-electron chi connectivity index (χ1n) is 6.63. The van der Waals surface area contributed by atoms with Crippen molar-refractivity contribution in [3.63, 3.8) is 0 Å². The number of nitrogens with zero attached hydrogens (tertiary/aromatic N) is 2. The smallest absolute Gasteiger partial charge is 0.329 e. The fourth-order valence-corrected chi connectivity index (χ4v) is 1.78. The molecule has 2 rings (SSSR count). The molecule has 0 bridgehead atoms. The summed E-state index contributed by atoms with van der Waals surface area (Å²) in [6.07, 6.45) is 1.95. The topological polar surface area (TPSA) is 84.2 Å². The van der Waals surface area contributed by atoms with E-state index in [-0.39, 0.29) is 12.1 Å². The number of aromatic nitrogens is 2. The van der Waals surface area contributed by atoms with Crippen LogP contribution in [0.4, 0.5) is 0 Å². The van der Waals surface area contributed by atoms with Crippen molar-refractivity contribution in [2.24, 2.45) is 0 Å². The number of amides is 1. The van der Waals surface area contributed by atoms with Crippen molar-refractivity contribution in [1.82, 2.24) is 15.1 Å². The fraction of sp³-hybridized carbons (Fsp3) is 0.267. The standard InChI is InChI=1S/C15H17N3O3/c1-3-15(2,14(20)21)16-13(19)12-9-10-18(17-12)11-7-5-4-6-8-11/h4-10H,3H2,1-2H3,(H,16,19)(H,20,21). The molecule has 0 aliphatic heterocycles. The van der Waals surface area contributed by atoms with Gasteiger partial charge < -0.3 is 10.4 Å². The number of carbonyl (C=O) groups excluding carboxylic acids is 1. The van der Waals surface area contributed by atoms with Crippen molar-refractivity contribution in [2.45, 2.75) is 25.8 Å². The molecular formula is C15H17N3O3. The van der Waals surface area contributed by atoms with Crippen molar-refractivity contribution >= 4 is 11.9 Å². The Kier molecular flexibility index (Phi) is 4.07. The van der Waals surface area contributed by atoms with E-state index in [1.54, 1.807) is 23.9 Å². The average molecular weight is 287 g/mol. The molecule has 1 aromatic heterocycles. The normalized spacial score (nSPS) is 13.4. The third kappa shape index (κ3) is 3.10. The molecule has 0 spiro atoms. The van der Waals surface area contributed by atoms with Gasteiger partial charge in [0.1, 0.15) is 5.54 Å². The first kappa shape index (κ1) is 14.8. The van der Waals surface area contributed by atoms with E-state index in [0.717, 1.165) is 5.69 Å². The number of aliphatic carboxylic acids is 1. The molecule has 0 aliphatic carbocycles. The molecular weight excluding hydrogens is 270 g/mol. The van der Waals surface area contributed by atoms with Crippen molar-refractivity contribution in [2.75, 3.05) is 0 Å². The molecule has 21 heavy (non-hydrogen) atoms. The van der Waals surface area contributed by atoms with Crippen LogP contribution in [0.2, 0.25) is 0 Å². The van der Waals surface area contributed by atoms with Crippen LogP contribution in [0, 0.1) is 0 Å². The summed E-state index contributed by atoms with van der Waals surface area (Å²) in [6, 6.07) is 10.9. The number of carboxylic acid groups (broad SMARTS) is 1. The van der Waals surface area contributed by atoms with Crippen LogP contribution in [0.15, 0.2) is 42.6 Å². The van der Waals surface area contributed by atoms with Crippen LogP contribution in [0.3, 0.4) is 0 Å². The number of carbonyl (C=O) groups is 2. The van der Waals surface area contributed by atoms with E-state index in [4.69, 9.17) is 0 Å². The zero-order valence-corrected chi connectivity index (χ0v) is 11.9. The van der Waals surface area contributed by atoms with Gasteiger partial charge in [0.05, 0.1) is 5.69 Å². The summed E-state index contributed by atoms with van der Waals surface area (Å²) in [5.74, 6) is -1.57. The zero-order valence-electron chi connectivity index (χ0n) is 11.9. The van der Waals surface area contributed by atoms with E-state index in [1.807, 2.05) is 30.3 Å². The minimum Gasteiger partial charge on any atom is -0.480 e. The number of hydrogen-bond acceptors (Lipinski definition) is 3. The van der Waals surface area contributed by atoms with Crippen LogP contribution in [0.1, 0.15) is 30.8 Å². The molecule has 2 N–H and O–H groups in total. The maximum Gasteiger partial charge on any atom is 0.329 e. The van der Waals surface area contributed by atoms with Gasteiger partial charge in [0.15, 0.2) is 5.69 Å². The molecule has 1 amide bonds. The summed E-state index contributed by atoms with van der Waals surface area (Å²) in [7, 11) is 0. The van der Waals surface area contributed by atoms with Crippen LogP contribution in [-0.4, -0.2) is 32.3 Å². The Morgan fingerprint density at radius 3 is 2.52 bits per heavy atom. The van der Waals surface area contributed by atoms with Crippen LogP contribution < -0.4 is 5.32 Å². The predicted octanol–water partition coefficient (Wildman–Crippen LogP) is 1.86. The second kappa shape index (κ2) is 5.78. The van der Waals surface area contributed by atoms with Crippen molar-refractivity contribution in [1.29, 1.82) is 0 Å². The molecule has 1 atom stereocenters. The van der Waals surface area contributed by atoms with E-state index >= 15 is 0 Å². The van der Waals surface area contributed by atoms with Gasteiger partial charge in [-0.3, -0.25) is 4.79 Å². The Labute approximate surface area is 122 Å². The molecule has 1 heterocycles. The van der Waals surface area contributed by atoms with Crippen molar-refractivity contribution in [3.05, 3.63) is 48.3 Å². The predicted molar refractivity (Wildman–Crippen MR) is 77.4 cm³/mol. The van der Waals surface area contributed by atoms with Gasteiger partial charge in [0.25, 0.3) is 5.91 Å². The fourth-order valence-electron chi connectivity index (χ4n) is 1.78. The van der Waals surface area contributed by atoms with E-state index in [9.17, 15) is 14.7 Å². The van der Waals surface area contributed by atoms with Crippen molar-refractivity contribution < 1.29 is 14.7 Å². The molecule has 2 aromatic rings. The molecule has 0 radical (unpaired) electrons. The largest absolute Gasteiger partial charge is 0.480 e. The van der Waals surface area contributed by atoms with Gasteiger partial charge in [-0.25, -0.2) is 9.48 Å². The Hall–Kier alpha value is -2.63. The number of nitrogens with one attached hydrogen (secondary N) is 1. The lowest BCUT2D eigenvalue weighted by atomic mass is 9.99. The molecule has 0 fully saturated rings. The quantitative estimate of drug-likeness (QED) is 0.879. The zero-order chi connectivity index (χ0) is 15.5. The van der Waals surface area contributed by atoms with E-state index < -0.39 is 17.4 Å². The Morgan fingerprint density at radius 1 is 1.29 bits per heavy atom. The van der Waals surface area contributed by atoms with Gasteiger partial charge in [0.2, 0.25) is 0 Å². The minimum absolute atomic E-state index is 0.180. The lowest BCUT2D eigenvalue weighted by Crippen LogP contribution is -2.51. The third-order valence-corrected chi connectivity index (χ3v) is 3.41. The summed E-state index contributed by atoms with van der Waals surface area (Å²) in [5.41, 5.74) is -0.291. The van der Waals surface area contributed by atoms with Crippen LogP contribution in [-0.2, 0) is 4.79 Å². The van der Waals surface area contributed by atoms with Crippen LogP contribution >= 0.6 is 0 Å². The molecule has 6 heteroatoms. The maximum absolute atomic E-state index is 12.1. The molecule has 0 saturated heterocycles. The monoisotopic (exact) mass is 287 g/mol. The molecule has 1 aromatic carbocycles. The van der Waals surface area contributed by atoms with Gasteiger partial charge in [-0.1, -0.05) is 25.1 Å². The number of rotatable bonds is 5. The second-order valence-electron chi connectivity index (χ2n) is 4.93. The molecule has 0 saturated carbocycles. The van der Waals surface area contributed by atoms with Crippen molar-refractivity contribution in [3.8, 4) is 5.69 Å². The number of benzene rings is 1. The highest BCUT2D eigenvalue weighted by molar-refractivity contribution is 5.96. The highest BCUT2D eigenvalue weighted by atomic mass is 16.4. The van der Waals surface area contributed by atoms with Gasteiger partial charge in [-0.2, -0.15) is 5.10 Å². The SMILES string of the molecule is CCC(C)(NC(=O)c1ccn(-c2ccccc2)n1)C(=O)O. The molecule has 6 nitrogen and oxygen atoms in total. The Bertz CT molecular complexity index is 651. The number of para-hydroxylation sites is 1. The second-order valence-corrected chi connectivity index (χ2v) is 4.93. The first-order chi connectivity index (χ1) is 9.96. The summed E-state index contributed by atoms with van der Waals surface area (Å²) in [4.78, 5) is 23.3. The lowest BCUT2D eigenvalue weighted by Gasteiger charge is -2.23. The maximum atomic E-state index is 12.1. The van der Waals surface area contributed by atoms with Gasteiger partial charge in [-0.05, 0) is 31.5 Å². The lowest BCUT2D eigenvalue weighted by molar-refractivity contribution is -0.143.